The van der Waals surface area contributed by atoms with Crippen LogP contribution in [0.5, 0.6) is 0 Å². The van der Waals surface area contributed by atoms with E-state index in [1.807, 2.05) is 51.1 Å². The lowest BCUT2D eigenvalue weighted by Crippen LogP contribution is -2.55. The fraction of sp³-hybridized carbons (Fsp3) is 0.667. The molecule has 0 bridgehead atoms. The lowest BCUT2D eigenvalue weighted by atomic mass is 9.98. The van der Waals surface area contributed by atoms with E-state index in [1.165, 1.54) is 0 Å². The van der Waals surface area contributed by atoms with Crippen LogP contribution in [0, 0.1) is 11.8 Å². The molecule has 0 aliphatic rings. The number of aliphatic hydroxyl groups is 1. The first-order valence-electron chi connectivity index (χ1n) is 11.2. The third-order valence-electron chi connectivity index (χ3n) is 4.99. The number of carbonyl (C=O) groups is 2. The maximum atomic E-state index is 12.7. The van der Waals surface area contributed by atoms with Gasteiger partial charge in [-0.3, -0.25) is 9.59 Å². The van der Waals surface area contributed by atoms with E-state index < -0.39 is 18.2 Å². The van der Waals surface area contributed by atoms with Crippen molar-refractivity contribution in [3.8, 4) is 0 Å². The Hall–Kier alpha value is -1.96. The van der Waals surface area contributed by atoms with Gasteiger partial charge >= 0.3 is 0 Å². The van der Waals surface area contributed by atoms with Gasteiger partial charge in [0.15, 0.2) is 0 Å². The predicted molar refractivity (Wildman–Crippen MR) is 125 cm³/mol. The Morgan fingerprint density at radius 3 is 2.19 bits per heavy atom. The van der Waals surface area contributed by atoms with Gasteiger partial charge in [0, 0.05) is 24.5 Å². The van der Waals surface area contributed by atoms with Crippen LogP contribution in [0.1, 0.15) is 53.5 Å². The summed E-state index contributed by atoms with van der Waals surface area (Å²) < 4.78 is 0. The first-order chi connectivity index (χ1) is 14.4. The van der Waals surface area contributed by atoms with Crippen molar-refractivity contribution >= 4 is 11.8 Å². The normalized spacial score (nSPS) is 15.8. The number of amides is 2. The van der Waals surface area contributed by atoms with Crippen LogP contribution in [0.2, 0.25) is 0 Å². The summed E-state index contributed by atoms with van der Waals surface area (Å²) in [6.07, 6.45) is 0.260. The van der Waals surface area contributed by atoms with E-state index in [9.17, 15) is 14.7 Å². The zero-order valence-electron chi connectivity index (χ0n) is 19.9. The molecule has 0 spiro atoms. The number of hydrogen-bond acceptors (Lipinski definition) is 5. The molecule has 176 valence electrons. The van der Waals surface area contributed by atoms with Crippen LogP contribution in [0.15, 0.2) is 30.3 Å². The zero-order chi connectivity index (χ0) is 23.6. The molecule has 2 amide bonds. The molecule has 6 N–H and O–H groups in total. The summed E-state index contributed by atoms with van der Waals surface area (Å²) in [6, 6.07) is 8.78. The van der Waals surface area contributed by atoms with Crippen molar-refractivity contribution in [1.29, 1.82) is 0 Å². The third kappa shape index (κ3) is 10.8. The first kappa shape index (κ1) is 27.1. The van der Waals surface area contributed by atoms with Gasteiger partial charge in [0.05, 0.1) is 18.2 Å². The van der Waals surface area contributed by atoms with Gasteiger partial charge < -0.3 is 26.8 Å². The highest BCUT2D eigenvalue weighted by atomic mass is 16.3. The molecule has 31 heavy (non-hydrogen) atoms. The van der Waals surface area contributed by atoms with Crippen LogP contribution in [0.4, 0.5) is 0 Å². The largest absolute Gasteiger partial charge is 0.390 e. The number of rotatable bonds is 12. The monoisotopic (exact) mass is 434 g/mol. The van der Waals surface area contributed by atoms with Gasteiger partial charge in [-0.15, -0.1) is 0 Å². The van der Waals surface area contributed by atoms with Crippen molar-refractivity contribution in [2.45, 2.75) is 78.1 Å². The molecule has 1 aromatic carbocycles. The highest BCUT2D eigenvalue weighted by Gasteiger charge is 2.27. The van der Waals surface area contributed by atoms with E-state index in [0.29, 0.717) is 18.8 Å². The summed E-state index contributed by atoms with van der Waals surface area (Å²) in [5.41, 5.74) is 6.30. The number of hydrogen-bond donors (Lipinski definition) is 5. The molecule has 0 heterocycles. The van der Waals surface area contributed by atoms with Crippen molar-refractivity contribution < 1.29 is 14.7 Å². The van der Waals surface area contributed by atoms with Crippen molar-refractivity contribution in [1.82, 2.24) is 16.0 Å². The van der Waals surface area contributed by atoms with E-state index >= 15 is 0 Å². The Labute approximate surface area is 187 Å². The highest BCUT2D eigenvalue weighted by molar-refractivity contribution is 5.82. The Balaban J connectivity index is 2.88. The van der Waals surface area contributed by atoms with Crippen LogP contribution < -0.4 is 21.7 Å². The molecular formula is C24H42N4O3. The molecule has 0 saturated carbocycles. The van der Waals surface area contributed by atoms with E-state index in [0.717, 1.165) is 5.56 Å². The molecule has 0 aliphatic carbocycles. The zero-order valence-corrected chi connectivity index (χ0v) is 19.9. The second kappa shape index (κ2) is 12.8. The molecule has 7 nitrogen and oxygen atoms in total. The van der Waals surface area contributed by atoms with E-state index in [4.69, 9.17) is 5.73 Å². The lowest BCUT2D eigenvalue weighted by molar-refractivity contribution is -0.127. The number of benzene rings is 1. The quantitative estimate of drug-likeness (QED) is 0.343. The van der Waals surface area contributed by atoms with Crippen molar-refractivity contribution in [2.75, 3.05) is 13.1 Å². The molecule has 1 aromatic rings. The second-order valence-corrected chi connectivity index (χ2v) is 9.84. The summed E-state index contributed by atoms with van der Waals surface area (Å²) in [4.78, 5) is 25.2. The van der Waals surface area contributed by atoms with Gasteiger partial charge in [0.1, 0.15) is 0 Å². The van der Waals surface area contributed by atoms with Gasteiger partial charge in [-0.2, -0.15) is 0 Å². The molecule has 1 rings (SSSR count). The lowest BCUT2D eigenvalue weighted by Gasteiger charge is -2.29. The van der Waals surface area contributed by atoms with Crippen LogP contribution in [-0.2, 0) is 16.0 Å². The molecule has 0 fully saturated rings. The minimum atomic E-state index is -0.869. The Morgan fingerprint density at radius 2 is 1.68 bits per heavy atom. The fourth-order valence-corrected chi connectivity index (χ4v) is 3.20. The molecule has 4 unspecified atom stereocenters. The summed E-state index contributed by atoms with van der Waals surface area (Å²) >= 11 is 0. The molecule has 7 heteroatoms. The maximum absolute atomic E-state index is 12.7. The average molecular weight is 435 g/mol. The average Bonchev–Trinajstić information content (AvgIpc) is 2.68. The van der Waals surface area contributed by atoms with E-state index in [2.05, 4.69) is 29.8 Å². The number of nitrogens with one attached hydrogen (secondary N) is 3. The Morgan fingerprint density at radius 1 is 1.06 bits per heavy atom. The van der Waals surface area contributed by atoms with Crippen molar-refractivity contribution in [3.63, 3.8) is 0 Å². The third-order valence-corrected chi connectivity index (χ3v) is 4.99. The van der Waals surface area contributed by atoms with Gasteiger partial charge in [0.2, 0.25) is 11.8 Å². The maximum Gasteiger partial charge on any atom is 0.237 e. The predicted octanol–water partition coefficient (Wildman–Crippen LogP) is 1.59. The smallest absolute Gasteiger partial charge is 0.237 e. The van der Waals surface area contributed by atoms with Gasteiger partial charge in [-0.25, -0.2) is 0 Å². The van der Waals surface area contributed by atoms with Crippen molar-refractivity contribution in [3.05, 3.63) is 35.9 Å². The van der Waals surface area contributed by atoms with E-state index in [-0.39, 0.29) is 36.4 Å². The summed E-state index contributed by atoms with van der Waals surface area (Å²) in [7, 11) is 0. The number of carbonyl (C=O) groups excluding carboxylic acids is 2. The summed E-state index contributed by atoms with van der Waals surface area (Å²) in [6.45, 7) is 12.1. The number of nitrogens with two attached hydrogens (primary N) is 1. The minimum absolute atomic E-state index is 0.0891. The summed E-state index contributed by atoms with van der Waals surface area (Å²) in [5, 5.41) is 20.1. The Kier molecular flexibility index (Phi) is 11.2. The van der Waals surface area contributed by atoms with E-state index in [1.54, 1.807) is 6.92 Å². The molecule has 0 aliphatic heterocycles. The molecular weight excluding hydrogens is 392 g/mol. The molecule has 0 aromatic heterocycles. The summed E-state index contributed by atoms with van der Waals surface area (Å²) in [5.74, 6) is -0.309. The van der Waals surface area contributed by atoms with Crippen molar-refractivity contribution in [2.24, 2.45) is 17.6 Å². The molecule has 4 atom stereocenters. The van der Waals surface area contributed by atoms with Crippen LogP contribution in [0.25, 0.3) is 0 Å². The SMILES string of the molecule is CC(C)CC(NCC(O)C(Cc1ccccc1)NC(=O)C(C)CN)C(=O)NC(C)(C)C. The number of aliphatic hydroxyl groups excluding tert-OH is 1. The highest BCUT2D eigenvalue weighted by Crippen LogP contribution is 2.10. The van der Waals surface area contributed by atoms with Gasteiger partial charge in [-0.1, -0.05) is 51.1 Å². The van der Waals surface area contributed by atoms with Crippen LogP contribution >= 0.6 is 0 Å². The molecule has 0 radical (unpaired) electrons. The second-order valence-electron chi connectivity index (χ2n) is 9.84. The standard InChI is InChI=1S/C24H42N4O3/c1-16(2)12-20(23(31)28-24(4,5)6)26-15-21(29)19(27-22(30)17(3)14-25)13-18-10-8-7-9-11-18/h7-11,16-17,19-21,26,29H,12-15,25H2,1-6H3,(H,27,30)(H,28,31). The topological polar surface area (TPSA) is 116 Å². The minimum Gasteiger partial charge on any atom is -0.390 e. The van der Waals surface area contributed by atoms with Gasteiger partial charge in [-0.05, 0) is 45.1 Å². The van der Waals surface area contributed by atoms with Gasteiger partial charge in [0.25, 0.3) is 0 Å². The molecule has 0 saturated heterocycles. The van der Waals surface area contributed by atoms with Crippen LogP contribution in [-0.4, -0.2) is 53.7 Å². The Bertz CT molecular complexity index is 673. The first-order valence-corrected chi connectivity index (χ1v) is 11.2. The van der Waals surface area contributed by atoms with Crippen LogP contribution in [0.3, 0.4) is 0 Å². The fourth-order valence-electron chi connectivity index (χ4n) is 3.20.